The highest BCUT2D eigenvalue weighted by Gasteiger charge is 2.23. The van der Waals surface area contributed by atoms with Crippen LogP contribution in [-0.2, 0) is 0 Å². The van der Waals surface area contributed by atoms with E-state index in [4.69, 9.17) is 0 Å². The molecule has 3 rings (SSSR count). The molecule has 0 fully saturated rings. The quantitative estimate of drug-likeness (QED) is 0.553. The third-order valence-electron chi connectivity index (χ3n) is 3.91. The smallest absolute Gasteiger partial charge is 0.283 e. The molecular formula is C19H15Br2NO3. The molecule has 3 aromatic rings. The second-order valence-corrected chi connectivity index (χ2v) is 7.50. The normalized spacial score (nSPS) is 12.2. The first-order valence-corrected chi connectivity index (χ1v) is 9.12. The number of pyridine rings is 1. The fourth-order valence-electron chi connectivity index (χ4n) is 2.78. The molecule has 0 saturated carbocycles. The zero-order valence-electron chi connectivity index (χ0n) is 13.3. The second kappa shape index (κ2) is 7.15. The lowest BCUT2D eigenvalue weighted by molar-refractivity contribution is 0.125. The number of halogens is 2. The summed E-state index contributed by atoms with van der Waals surface area (Å²) in [6.07, 6.45) is -1.18. The first-order chi connectivity index (χ1) is 11.9. The number of hydrogen-bond acceptors (Lipinski definition) is 3. The van der Waals surface area contributed by atoms with Crippen LogP contribution in [0.5, 0.6) is 0 Å². The Bertz CT molecular complexity index is 984. The number of aryl methyl sites for hydroxylation is 1. The fraction of sp³-hybridized carbons (Fsp3) is 0.105. The maximum Gasteiger partial charge on any atom is 0.283 e. The third kappa shape index (κ3) is 3.56. The van der Waals surface area contributed by atoms with Crippen molar-refractivity contribution in [1.29, 1.82) is 0 Å². The van der Waals surface area contributed by atoms with Crippen LogP contribution in [0.4, 0.5) is 0 Å². The summed E-state index contributed by atoms with van der Waals surface area (Å²) < 4.78 is 2.00. The van der Waals surface area contributed by atoms with Gasteiger partial charge < -0.3 is 10.3 Å². The van der Waals surface area contributed by atoms with Gasteiger partial charge in [0.05, 0.1) is 5.69 Å². The molecule has 1 unspecified atom stereocenters. The average molecular weight is 465 g/mol. The van der Waals surface area contributed by atoms with Crippen molar-refractivity contribution in [2.75, 3.05) is 0 Å². The summed E-state index contributed by atoms with van der Waals surface area (Å²) in [4.78, 5) is 11.9. The molecule has 25 heavy (non-hydrogen) atoms. The van der Waals surface area contributed by atoms with Crippen LogP contribution < -0.4 is 5.56 Å². The van der Waals surface area contributed by atoms with E-state index in [0.29, 0.717) is 20.3 Å². The van der Waals surface area contributed by atoms with E-state index in [-0.39, 0.29) is 5.69 Å². The van der Waals surface area contributed by atoms with Crippen LogP contribution in [0.25, 0.3) is 11.1 Å². The molecule has 0 spiro atoms. The Morgan fingerprint density at radius 3 is 2.40 bits per heavy atom. The molecule has 1 atom stereocenters. The van der Waals surface area contributed by atoms with Gasteiger partial charge in [-0.2, -0.15) is 0 Å². The molecule has 0 radical (unpaired) electrons. The van der Waals surface area contributed by atoms with Gasteiger partial charge in [-0.25, -0.2) is 0 Å². The van der Waals surface area contributed by atoms with Crippen LogP contribution in [0.15, 0.2) is 68.3 Å². The van der Waals surface area contributed by atoms with Crippen molar-refractivity contribution in [1.82, 2.24) is 4.73 Å². The predicted molar refractivity (Wildman–Crippen MR) is 104 cm³/mol. The van der Waals surface area contributed by atoms with Gasteiger partial charge in [-0.3, -0.25) is 4.79 Å². The Kier molecular flexibility index (Phi) is 5.13. The molecule has 0 aliphatic carbocycles. The standard InChI is InChI=1S/C19H15Br2NO3/c1-11-7-16(22(25)17(23)8-11)19(24)18-14(9-13(20)10-15(18)21)12-5-3-2-4-6-12/h2-10,19,24-25H,1H3. The molecule has 2 N–H and O–H groups in total. The second-order valence-electron chi connectivity index (χ2n) is 5.73. The summed E-state index contributed by atoms with van der Waals surface area (Å²) in [5, 5.41) is 21.1. The molecule has 1 heterocycles. The Labute approximate surface area is 161 Å². The molecule has 1 aromatic heterocycles. The summed E-state index contributed by atoms with van der Waals surface area (Å²) in [6, 6.07) is 16.2. The van der Waals surface area contributed by atoms with Crippen molar-refractivity contribution >= 4 is 31.9 Å². The van der Waals surface area contributed by atoms with E-state index in [1.165, 1.54) is 6.07 Å². The van der Waals surface area contributed by atoms with Crippen LogP contribution in [0.2, 0.25) is 0 Å². The summed E-state index contributed by atoms with van der Waals surface area (Å²) in [6.45, 7) is 1.74. The fourth-order valence-corrected chi connectivity index (χ4v) is 4.22. The monoisotopic (exact) mass is 463 g/mol. The Morgan fingerprint density at radius 1 is 1.04 bits per heavy atom. The highest BCUT2D eigenvalue weighted by atomic mass is 79.9. The van der Waals surface area contributed by atoms with E-state index in [2.05, 4.69) is 31.9 Å². The van der Waals surface area contributed by atoms with Crippen molar-refractivity contribution < 1.29 is 10.3 Å². The largest absolute Gasteiger partial charge is 0.425 e. The number of aromatic nitrogens is 1. The summed E-state index contributed by atoms with van der Waals surface area (Å²) in [5.41, 5.74) is 2.48. The molecule has 0 amide bonds. The van der Waals surface area contributed by atoms with Gasteiger partial charge in [0.1, 0.15) is 6.10 Å². The minimum atomic E-state index is -1.18. The van der Waals surface area contributed by atoms with Crippen molar-refractivity contribution in [2.24, 2.45) is 0 Å². The molecular weight excluding hydrogens is 450 g/mol. The van der Waals surface area contributed by atoms with Gasteiger partial charge in [-0.1, -0.05) is 62.2 Å². The summed E-state index contributed by atoms with van der Waals surface area (Å²) >= 11 is 6.97. The maximum atomic E-state index is 11.9. The Hall–Kier alpha value is -1.89. The van der Waals surface area contributed by atoms with Crippen molar-refractivity contribution in [2.45, 2.75) is 13.0 Å². The molecule has 128 valence electrons. The number of aliphatic hydroxyl groups is 1. The topological polar surface area (TPSA) is 62.5 Å². The number of nitrogens with zero attached hydrogens (tertiary/aromatic N) is 1. The van der Waals surface area contributed by atoms with E-state index >= 15 is 0 Å². The van der Waals surface area contributed by atoms with Gasteiger partial charge in [-0.15, -0.1) is 4.73 Å². The number of aliphatic hydroxyl groups excluding tert-OH is 1. The van der Waals surface area contributed by atoms with Crippen molar-refractivity contribution in [3.8, 4) is 11.1 Å². The lowest BCUT2D eigenvalue weighted by Gasteiger charge is -2.20. The molecule has 4 nitrogen and oxygen atoms in total. The molecule has 0 bridgehead atoms. The van der Waals surface area contributed by atoms with Crippen molar-refractivity contribution in [3.63, 3.8) is 0 Å². The molecule has 0 aliphatic heterocycles. The first kappa shape index (κ1) is 17.9. The lowest BCUT2D eigenvalue weighted by Crippen LogP contribution is -2.23. The van der Waals surface area contributed by atoms with Gasteiger partial charge >= 0.3 is 0 Å². The lowest BCUT2D eigenvalue weighted by atomic mass is 9.94. The summed E-state index contributed by atoms with van der Waals surface area (Å²) in [5.74, 6) is 0. The first-order valence-electron chi connectivity index (χ1n) is 7.53. The summed E-state index contributed by atoms with van der Waals surface area (Å²) in [7, 11) is 0. The van der Waals surface area contributed by atoms with E-state index < -0.39 is 11.7 Å². The zero-order chi connectivity index (χ0) is 18.1. The maximum absolute atomic E-state index is 11.9. The number of benzene rings is 2. The van der Waals surface area contributed by atoms with E-state index in [1.807, 2.05) is 42.5 Å². The SMILES string of the molecule is Cc1cc(C(O)c2c(Br)cc(Br)cc2-c2ccccc2)n(O)c(=O)c1. The number of rotatable bonds is 3. The van der Waals surface area contributed by atoms with Crippen LogP contribution in [0.1, 0.15) is 22.9 Å². The predicted octanol–water partition coefficient (Wildman–Crippen LogP) is 4.67. The van der Waals surface area contributed by atoms with E-state index in [0.717, 1.165) is 15.6 Å². The van der Waals surface area contributed by atoms with E-state index in [1.54, 1.807) is 13.0 Å². The van der Waals surface area contributed by atoms with Crippen LogP contribution in [0, 0.1) is 6.92 Å². The third-order valence-corrected chi connectivity index (χ3v) is 5.03. The zero-order valence-corrected chi connectivity index (χ0v) is 16.5. The molecule has 2 aromatic carbocycles. The highest BCUT2D eigenvalue weighted by molar-refractivity contribution is 9.11. The average Bonchev–Trinajstić information content (AvgIpc) is 2.57. The minimum Gasteiger partial charge on any atom is -0.425 e. The van der Waals surface area contributed by atoms with Gasteiger partial charge in [0.25, 0.3) is 5.56 Å². The van der Waals surface area contributed by atoms with Gasteiger partial charge in [0, 0.05) is 20.6 Å². The van der Waals surface area contributed by atoms with Gasteiger partial charge in [-0.05, 0) is 41.8 Å². The molecule has 6 heteroatoms. The Balaban J connectivity index is 2.26. The van der Waals surface area contributed by atoms with Crippen LogP contribution >= 0.6 is 31.9 Å². The number of hydrogen-bond donors (Lipinski definition) is 2. The molecule has 0 aliphatic rings. The van der Waals surface area contributed by atoms with Crippen LogP contribution in [0.3, 0.4) is 0 Å². The van der Waals surface area contributed by atoms with Crippen LogP contribution in [-0.4, -0.2) is 15.0 Å². The minimum absolute atomic E-state index is 0.116. The van der Waals surface area contributed by atoms with Gasteiger partial charge in [0.2, 0.25) is 0 Å². The molecule has 0 saturated heterocycles. The highest BCUT2D eigenvalue weighted by Crippen LogP contribution is 2.39. The van der Waals surface area contributed by atoms with E-state index in [9.17, 15) is 15.1 Å². The van der Waals surface area contributed by atoms with Gasteiger partial charge in [0.15, 0.2) is 0 Å². The van der Waals surface area contributed by atoms with Crippen molar-refractivity contribution in [3.05, 3.63) is 90.7 Å². The Morgan fingerprint density at radius 2 is 1.72 bits per heavy atom.